The van der Waals surface area contributed by atoms with Gasteiger partial charge in [0.25, 0.3) is 0 Å². The Morgan fingerprint density at radius 3 is 2.20 bits per heavy atom. The molecule has 0 aromatic rings. The van der Waals surface area contributed by atoms with Gasteiger partial charge >= 0.3 is 0 Å². The highest BCUT2D eigenvalue weighted by Gasteiger charge is 2.27. The predicted molar refractivity (Wildman–Crippen MR) is 65.5 cm³/mol. The van der Waals surface area contributed by atoms with Gasteiger partial charge in [0.1, 0.15) is 0 Å². The summed E-state index contributed by atoms with van der Waals surface area (Å²) in [4.78, 5) is 13.6. The lowest BCUT2D eigenvalue weighted by atomic mass is 9.87. The minimum Gasteiger partial charge on any atom is -0.316 e. The van der Waals surface area contributed by atoms with E-state index in [1.807, 2.05) is 24.1 Å². The van der Waals surface area contributed by atoms with E-state index in [2.05, 4.69) is 34.6 Å². The number of rotatable bonds is 4. The molecule has 15 heavy (non-hydrogen) atoms. The highest BCUT2D eigenvalue weighted by atomic mass is 16.2. The van der Waals surface area contributed by atoms with Crippen LogP contribution in [0, 0.1) is 5.41 Å². The van der Waals surface area contributed by atoms with Gasteiger partial charge in [0, 0.05) is 18.7 Å². The first-order chi connectivity index (χ1) is 6.84. The van der Waals surface area contributed by atoms with Gasteiger partial charge in [-0.1, -0.05) is 40.7 Å². The van der Waals surface area contributed by atoms with Crippen molar-refractivity contribution in [2.24, 2.45) is 5.41 Å². The second kappa shape index (κ2) is 5.94. The molecule has 2 heteroatoms. The molecule has 0 N–H and O–H groups in total. The number of hydrogen-bond donors (Lipinski definition) is 0. The molecule has 2 nitrogen and oxygen atoms in total. The van der Waals surface area contributed by atoms with Crippen LogP contribution in [0.5, 0.6) is 0 Å². The van der Waals surface area contributed by atoms with Crippen molar-refractivity contribution in [3.8, 4) is 0 Å². The summed E-state index contributed by atoms with van der Waals surface area (Å²) in [6.45, 7) is 12.6. The average molecular weight is 211 g/mol. The number of carbonyl (C=O) groups excluding carboxylic acids is 1. The van der Waals surface area contributed by atoms with Gasteiger partial charge in [-0.25, -0.2) is 0 Å². The molecule has 0 fully saturated rings. The summed E-state index contributed by atoms with van der Waals surface area (Å²) >= 11 is 0. The molecule has 0 aliphatic heterocycles. The Morgan fingerprint density at radius 1 is 1.33 bits per heavy atom. The summed E-state index contributed by atoms with van der Waals surface area (Å²) in [7, 11) is 0. The third kappa shape index (κ3) is 4.50. The maximum absolute atomic E-state index is 11.8. The first kappa shape index (κ1) is 14.2. The van der Waals surface area contributed by atoms with Gasteiger partial charge < -0.3 is 4.90 Å². The lowest BCUT2D eigenvalue weighted by molar-refractivity contribution is -0.131. The number of carbonyl (C=O) groups is 1. The maximum atomic E-state index is 11.8. The van der Waals surface area contributed by atoms with E-state index in [9.17, 15) is 4.79 Å². The Hall–Kier alpha value is -0.790. The Balaban J connectivity index is 4.78. The number of hydrogen-bond acceptors (Lipinski definition) is 1. The topological polar surface area (TPSA) is 20.3 Å². The first-order valence-corrected chi connectivity index (χ1v) is 5.82. The molecule has 0 heterocycles. The molecule has 0 aromatic carbocycles. The van der Waals surface area contributed by atoms with Crippen molar-refractivity contribution >= 4 is 5.91 Å². The molecule has 0 aliphatic rings. The number of nitrogens with zero attached hydrogens (tertiary/aromatic N) is 1. The minimum atomic E-state index is 0.114. The van der Waals surface area contributed by atoms with Gasteiger partial charge in [-0.2, -0.15) is 0 Å². The Morgan fingerprint density at radius 2 is 1.87 bits per heavy atom. The zero-order valence-electron chi connectivity index (χ0n) is 11.0. The van der Waals surface area contributed by atoms with Crippen molar-refractivity contribution in [2.75, 3.05) is 0 Å². The molecule has 0 saturated heterocycles. The van der Waals surface area contributed by atoms with Gasteiger partial charge in [-0.05, 0) is 18.8 Å². The van der Waals surface area contributed by atoms with Crippen molar-refractivity contribution in [1.82, 2.24) is 4.90 Å². The van der Waals surface area contributed by atoms with Crippen LogP contribution in [0.2, 0.25) is 0 Å². The van der Waals surface area contributed by atoms with Crippen LogP contribution in [0.1, 0.15) is 54.4 Å². The van der Waals surface area contributed by atoms with E-state index in [1.54, 1.807) is 0 Å². The van der Waals surface area contributed by atoms with E-state index in [-0.39, 0.29) is 17.4 Å². The maximum Gasteiger partial charge on any atom is 0.226 e. The minimum absolute atomic E-state index is 0.114. The normalized spacial score (nSPS) is 14.3. The van der Waals surface area contributed by atoms with Crippen LogP contribution < -0.4 is 0 Å². The highest BCUT2D eigenvalue weighted by Crippen LogP contribution is 2.24. The Labute approximate surface area is 94.4 Å². The van der Waals surface area contributed by atoms with E-state index >= 15 is 0 Å². The largest absolute Gasteiger partial charge is 0.316 e. The Bertz CT molecular complexity index is 225. The molecule has 0 saturated carbocycles. The molecule has 0 radical (unpaired) electrons. The number of allylic oxidation sites excluding steroid dienone is 1. The Kier molecular flexibility index (Phi) is 5.63. The van der Waals surface area contributed by atoms with Crippen molar-refractivity contribution in [3.05, 3.63) is 12.3 Å². The molecule has 1 amide bonds. The molecule has 0 aliphatic carbocycles. The first-order valence-electron chi connectivity index (χ1n) is 5.82. The fraction of sp³-hybridized carbons (Fsp3) is 0.769. The highest BCUT2D eigenvalue weighted by molar-refractivity contribution is 5.77. The SMILES string of the molecule is CC/C=C/N(C(=O)CC)C(C)C(C)(C)C. The molecular formula is C13H25NO. The van der Waals surface area contributed by atoms with Gasteiger partial charge in [-0.3, -0.25) is 4.79 Å². The lowest BCUT2D eigenvalue weighted by Crippen LogP contribution is -2.42. The van der Waals surface area contributed by atoms with E-state index in [0.717, 1.165) is 6.42 Å². The molecule has 0 aromatic heterocycles. The molecular weight excluding hydrogens is 186 g/mol. The van der Waals surface area contributed by atoms with Crippen LogP contribution >= 0.6 is 0 Å². The van der Waals surface area contributed by atoms with E-state index in [1.165, 1.54) is 0 Å². The van der Waals surface area contributed by atoms with Crippen LogP contribution in [0.15, 0.2) is 12.3 Å². The summed E-state index contributed by atoms with van der Waals surface area (Å²) < 4.78 is 0. The summed E-state index contributed by atoms with van der Waals surface area (Å²) in [6.07, 6.45) is 5.50. The fourth-order valence-corrected chi connectivity index (χ4v) is 1.25. The average Bonchev–Trinajstić information content (AvgIpc) is 2.16. The standard InChI is InChI=1S/C13H25NO/c1-7-9-10-14(12(15)8-2)11(3)13(4,5)6/h9-11H,7-8H2,1-6H3/b10-9+. The van der Waals surface area contributed by atoms with E-state index in [0.29, 0.717) is 6.42 Å². The van der Waals surface area contributed by atoms with Gasteiger partial charge in [0.2, 0.25) is 5.91 Å². The quantitative estimate of drug-likeness (QED) is 0.696. The molecule has 88 valence electrons. The molecule has 0 bridgehead atoms. The van der Waals surface area contributed by atoms with Gasteiger partial charge in [0.05, 0.1) is 0 Å². The van der Waals surface area contributed by atoms with Crippen molar-refractivity contribution in [3.63, 3.8) is 0 Å². The summed E-state index contributed by atoms with van der Waals surface area (Å²) in [5.74, 6) is 0.196. The second-order valence-corrected chi connectivity index (χ2v) is 4.99. The smallest absolute Gasteiger partial charge is 0.226 e. The van der Waals surface area contributed by atoms with Crippen LogP contribution in [-0.2, 0) is 4.79 Å². The third-order valence-corrected chi connectivity index (χ3v) is 2.76. The molecule has 1 atom stereocenters. The summed E-state index contributed by atoms with van der Waals surface area (Å²) in [5.41, 5.74) is 0.114. The zero-order chi connectivity index (χ0) is 12.1. The summed E-state index contributed by atoms with van der Waals surface area (Å²) in [5, 5.41) is 0. The molecule has 1 unspecified atom stereocenters. The van der Waals surface area contributed by atoms with Gasteiger partial charge in [0.15, 0.2) is 0 Å². The van der Waals surface area contributed by atoms with Crippen molar-refractivity contribution in [1.29, 1.82) is 0 Å². The second-order valence-electron chi connectivity index (χ2n) is 4.99. The molecule has 0 rings (SSSR count). The monoisotopic (exact) mass is 211 g/mol. The van der Waals surface area contributed by atoms with Crippen LogP contribution in [0.25, 0.3) is 0 Å². The summed E-state index contributed by atoms with van der Waals surface area (Å²) in [6, 6.07) is 0.229. The third-order valence-electron chi connectivity index (χ3n) is 2.76. The van der Waals surface area contributed by atoms with E-state index < -0.39 is 0 Å². The van der Waals surface area contributed by atoms with E-state index in [4.69, 9.17) is 0 Å². The lowest BCUT2D eigenvalue weighted by Gasteiger charge is -2.35. The van der Waals surface area contributed by atoms with Crippen LogP contribution in [-0.4, -0.2) is 16.8 Å². The van der Waals surface area contributed by atoms with Crippen molar-refractivity contribution < 1.29 is 4.79 Å². The van der Waals surface area contributed by atoms with Crippen molar-refractivity contribution in [2.45, 2.75) is 60.4 Å². The van der Waals surface area contributed by atoms with Crippen LogP contribution in [0.4, 0.5) is 0 Å². The van der Waals surface area contributed by atoms with Gasteiger partial charge in [-0.15, -0.1) is 0 Å². The van der Waals surface area contributed by atoms with Crippen LogP contribution in [0.3, 0.4) is 0 Å². The predicted octanol–water partition coefficient (Wildman–Crippen LogP) is 3.58. The fourth-order valence-electron chi connectivity index (χ4n) is 1.25. The number of amides is 1. The zero-order valence-corrected chi connectivity index (χ0v) is 11.0. The molecule has 0 spiro atoms.